The van der Waals surface area contributed by atoms with Crippen LogP contribution in [0.1, 0.15) is 29.1 Å². The van der Waals surface area contributed by atoms with Gasteiger partial charge in [0.1, 0.15) is 11.6 Å². The predicted molar refractivity (Wildman–Crippen MR) is 71.0 cm³/mol. The van der Waals surface area contributed by atoms with Crippen molar-refractivity contribution in [1.29, 1.82) is 0 Å². The zero-order valence-corrected chi connectivity index (χ0v) is 11.4. The van der Waals surface area contributed by atoms with Gasteiger partial charge < -0.3 is 9.73 Å². The molecule has 1 N–H and O–H groups in total. The highest BCUT2D eigenvalue weighted by Gasteiger charge is 2.17. The van der Waals surface area contributed by atoms with Gasteiger partial charge in [0.2, 0.25) is 0 Å². The molecule has 100 valence electrons. The van der Waals surface area contributed by atoms with Crippen molar-refractivity contribution in [2.75, 3.05) is 0 Å². The molecule has 0 fully saturated rings. The molecule has 2 aromatic rings. The van der Waals surface area contributed by atoms with Gasteiger partial charge in [-0.15, -0.1) is 0 Å². The van der Waals surface area contributed by atoms with Gasteiger partial charge in [-0.25, -0.2) is 4.39 Å². The van der Waals surface area contributed by atoms with E-state index in [0.717, 1.165) is 6.07 Å². The van der Waals surface area contributed by atoms with Crippen LogP contribution in [0.25, 0.3) is 0 Å². The van der Waals surface area contributed by atoms with Crippen LogP contribution in [-0.4, -0.2) is 5.91 Å². The average Bonchev–Trinajstić information content (AvgIpc) is 2.87. The maximum absolute atomic E-state index is 13.3. The summed E-state index contributed by atoms with van der Waals surface area (Å²) in [7, 11) is 0. The zero-order valence-electron chi connectivity index (χ0n) is 9.91. The van der Waals surface area contributed by atoms with Crippen LogP contribution in [-0.2, 0) is 0 Å². The van der Waals surface area contributed by atoms with Crippen molar-refractivity contribution >= 4 is 29.1 Å². The highest BCUT2D eigenvalue weighted by Crippen LogP contribution is 2.25. The van der Waals surface area contributed by atoms with Gasteiger partial charge in [-0.2, -0.15) is 0 Å². The molecule has 2 rings (SSSR count). The third kappa shape index (κ3) is 3.08. The summed E-state index contributed by atoms with van der Waals surface area (Å²) in [6, 6.07) is 5.30. The predicted octanol–water partition coefficient (Wildman–Crippen LogP) is 4.22. The zero-order chi connectivity index (χ0) is 14.0. The second-order valence-corrected chi connectivity index (χ2v) is 4.77. The minimum atomic E-state index is -0.693. The van der Waals surface area contributed by atoms with Crippen LogP contribution in [0.5, 0.6) is 0 Å². The molecule has 1 aromatic heterocycles. The minimum absolute atomic E-state index is 0.0296. The smallest absolute Gasteiger partial charge is 0.253 e. The number of benzene rings is 1. The van der Waals surface area contributed by atoms with E-state index < -0.39 is 11.7 Å². The molecular formula is C13H10Cl2FNO2. The van der Waals surface area contributed by atoms with Gasteiger partial charge in [0.25, 0.3) is 5.91 Å². The maximum atomic E-state index is 13.3. The Morgan fingerprint density at radius 3 is 2.74 bits per heavy atom. The maximum Gasteiger partial charge on any atom is 0.253 e. The van der Waals surface area contributed by atoms with Crippen molar-refractivity contribution in [2.45, 2.75) is 13.0 Å². The van der Waals surface area contributed by atoms with Crippen LogP contribution in [0.4, 0.5) is 4.39 Å². The van der Waals surface area contributed by atoms with E-state index in [9.17, 15) is 9.18 Å². The Kier molecular flexibility index (Phi) is 4.12. The number of nitrogens with one attached hydrogen (secondary N) is 1. The number of halogens is 3. The normalized spacial score (nSPS) is 12.2. The number of rotatable bonds is 3. The summed E-state index contributed by atoms with van der Waals surface area (Å²) < 4.78 is 18.5. The first-order valence-corrected chi connectivity index (χ1v) is 6.23. The number of hydrogen-bond donors (Lipinski definition) is 1. The molecule has 0 saturated carbocycles. The molecule has 0 saturated heterocycles. The summed E-state index contributed by atoms with van der Waals surface area (Å²) in [5.74, 6) is -0.592. The summed E-state index contributed by atoms with van der Waals surface area (Å²) in [6.07, 6.45) is 1.51. The van der Waals surface area contributed by atoms with Crippen LogP contribution in [0.2, 0.25) is 10.0 Å². The third-order valence-electron chi connectivity index (χ3n) is 2.57. The minimum Gasteiger partial charge on any atom is -0.467 e. The highest BCUT2D eigenvalue weighted by atomic mass is 35.5. The van der Waals surface area contributed by atoms with Crippen molar-refractivity contribution in [3.63, 3.8) is 0 Å². The molecule has 1 heterocycles. The Morgan fingerprint density at radius 2 is 2.11 bits per heavy atom. The molecule has 0 radical (unpaired) electrons. The van der Waals surface area contributed by atoms with E-state index in [0.29, 0.717) is 5.76 Å². The number of furan rings is 1. The number of amides is 1. The fourth-order valence-corrected chi connectivity index (χ4v) is 2.05. The van der Waals surface area contributed by atoms with Crippen LogP contribution in [0.3, 0.4) is 0 Å². The van der Waals surface area contributed by atoms with Crippen LogP contribution < -0.4 is 5.32 Å². The van der Waals surface area contributed by atoms with Crippen molar-refractivity contribution < 1.29 is 13.6 Å². The van der Waals surface area contributed by atoms with Gasteiger partial charge in [-0.1, -0.05) is 23.2 Å². The standard InChI is InChI=1S/C13H10Cl2FNO2/c1-7(12-3-2-4-19-12)17-13(18)8-5-11(16)10(15)6-9(8)14/h2-7H,1H3,(H,17,18). The molecule has 1 unspecified atom stereocenters. The van der Waals surface area contributed by atoms with Crippen molar-refractivity contribution in [2.24, 2.45) is 0 Å². The summed E-state index contributed by atoms with van der Waals surface area (Å²) in [6.45, 7) is 1.75. The highest BCUT2D eigenvalue weighted by molar-refractivity contribution is 6.36. The van der Waals surface area contributed by atoms with E-state index in [1.165, 1.54) is 12.3 Å². The number of hydrogen-bond acceptors (Lipinski definition) is 2. The second kappa shape index (κ2) is 5.63. The Morgan fingerprint density at radius 1 is 1.37 bits per heavy atom. The molecular weight excluding hydrogens is 292 g/mol. The average molecular weight is 302 g/mol. The van der Waals surface area contributed by atoms with Gasteiger partial charge in [0, 0.05) is 0 Å². The molecule has 1 amide bonds. The van der Waals surface area contributed by atoms with E-state index in [1.54, 1.807) is 19.1 Å². The molecule has 1 aromatic carbocycles. The Bertz CT molecular complexity index is 599. The first-order valence-electron chi connectivity index (χ1n) is 5.48. The Labute approximate surface area is 119 Å². The first-order chi connectivity index (χ1) is 8.99. The number of carbonyl (C=O) groups excluding carboxylic acids is 1. The van der Waals surface area contributed by atoms with E-state index >= 15 is 0 Å². The Hall–Kier alpha value is -1.52. The van der Waals surface area contributed by atoms with Gasteiger partial charge in [-0.3, -0.25) is 4.79 Å². The van der Waals surface area contributed by atoms with Gasteiger partial charge in [0.15, 0.2) is 0 Å². The fraction of sp³-hybridized carbons (Fsp3) is 0.154. The van der Waals surface area contributed by atoms with E-state index in [-0.39, 0.29) is 21.7 Å². The monoisotopic (exact) mass is 301 g/mol. The lowest BCUT2D eigenvalue weighted by atomic mass is 10.1. The molecule has 0 aliphatic heterocycles. The van der Waals surface area contributed by atoms with Gasteiger partial charge in [-0.05, 0) is 31.2 Å². The second-order valence-electron chi connectivity index (χ2n) is 3.96. The molecule has 3 nitrogen and oxygen atoms in total. The van der Waals surface area contributed by atoms with Gasteiger partial charge in [0.05, 0.1) is 27.9 Å². The lowest BCUT2D eigenvalue weighted by Gasteiger charge is -2.12. The van der Waals surface area contributed by atoms with Crippen molar-refractivity contribution in [3.8, 4) is 0 Å². The summed E-state index contributed by atoms with van der Waals surface area (Å²) in [5.41, 5.74) is 0.0296. The molecule has 0 aliphatic rings. The summed E-state index contributed by atoms with van der Waals surface area (Å²) in [4.78, 5) is 12.0. The molecule has 0 bridgehead atoms. The molecule has 1 atom stereocenters. The molecule has 6 heteroatoms. The van der Waals surface area contributed by atoms with Crippen LogP contribution in [0, 0.1) is 5.82 Å². The first kappa shape index (κ1) is 13.9. The topological polar surface area (TPSA) is 42.2 Å². The lowest BCUT2D eigenvalue weighted by molar-refractivity contribution is 0.0935. The lowest BCUT2D eigenvalue weighted by Crippen LogP contribution is -2.26. The largest absolute Gasteiger partial charge is 0.467 e. The summed E-state index contributed by atoms with van der Waals surface area (Å²) in [5, 5.41) is 2.63. The van der Waals surface area contributed by atoms with E-state index in [2.05, 4.69) is 5.32 Å². The Balaban J connectivity index is 2.19. The molecule has 0 spiro atoms. The number of carbonyl (C=O) groups is 1. The SMILES string of the molecule is CC(NC(=O)c1cc(F)c(Cl)cc1Cl)c1ccco1. The molecule has 0 aliphatic carbocycles. The van der Waals surface area contributed by atoms with E-state index in [1.807, 2.05) is 0 Å². The fourth-order valence-electron chi connectivity index (χ4n) is 1.58. The quantitative estimate of drug-likeness (QED) is 0.863. The van der Waals surface area contributed by atoms with Gasteiger partial charge >= 0.3 is 0 Å². The molecule has 19 heavy (non-hydrogen) atoms. The van der Waals surface area contributed by atoms with E-state index in [4.69, 9.17) is 27.6 Å². The van der Waals surface area contributed by atoms with Crippen LogP contribution >= 0.6 is 23.2 Å². The van der Waals surface area contributed by atoms with Crippen molar-refractivity contribution in [1.82, 2.24) is 5.32 Å². The third-order valence-corrected chi connectivity index (χ3v) is 3.17. The van der Waals surface area contributed by atoms with Crippen LogP contribution in [0.15, 0.2) is 34.9 Å². The van der Waals surface area contributed by atoms with Crippen molar-refractivity contribution in [3.05, 3.63) is 57.7 Å². The summed E-state index contributed by atoms with van der Waals surface area (Å²) >= 11 is 11.4.